The molecule has 108 valence electrons. The molecular weight excluding hydrogens is 262 g/mol. The molecule has 0 bridgehead atoms. The lowest BCUT2D eigenvalue weighted by atomic mass is 9.99. The molecule has 1 aromatic heterocycles. The molecular formula is C14H24ClN3O. The SMILES string of the molecule is CCC(CC)C(Cl)CNc1nccn(C(C)C)c1=O. The predicted octanol–water partition coefficient (Wildman–Crippen LogP) is 3.28. The Morgan fingerprint density at radius 2 is 2.00 bits per heavy atom. The van der Waals surface area contributed by atoms with Gasteiger partial charge in [0.2, 0.25) is 0 Å². The Morgan fingerprint density at radius 1 is 1.37 bits per heavy atom. The number of halogens is 1. The normalized spacial score (nSPS) is 13.0. The van der Waals surface area contributed by atoms with Gasteiger partial charge in [-0.15, -0.1) is 11.6 Å². The maximum atomic E-state index is 12.1. The Hall–Kier alpha value is -1.03. The van der Waals surface area contributed by atoms with Crippen molar-refractivity contribution in [1.29, 1.82) is 0 Å². The maximum Gasteiger partial charge on any atom is 0.293 e. The van der Waals surface area contributed by atoms with E-state index in [-0.39, 0.29) is 17.0 Å². The van der Waals surface area contributed by atoms with Gasteiger partial charge in [0.05, 0.1) is 5.38 Å². The Bertz CT molecular complexity index is 441. The Kier molecular flexibility index (Phi) is 6.35. The number of hydrogen-bond acceptors (Lipinski definition) is 3. The molecule has 0 aliphatic rings. The van der Waals surface area contributed by atoms with Crippen LogP contribution < -0.4 is 10.9 Å². The van der Waals surface area contributed by atoms with Crippen molar-refractivity contribution in [1.82, 2.24) is 9.55 Å². The van der Waals surface area contributed by atoms with Crippen LogP contribution in [0.2, 0.25) is 0 Å². The topological polar surface area (TPSA) is 46.9 Å². The van der Waals surface area contributed by atoms with Gasteiger partial charge in [-0.3, -0.25) is 4.79 Å². The fraction of sp³-hybridized carbons (Fsp3) is 0.714. The summed E-state index contributed by atoms with van der Waals surface area (Å²) in [6, 6.07) is 0.127. The van der Waals surface area contributed by atoms with Crippen LogP contribution in [0, 0.1) is 5.92 Å². The second-order valence-electron chi connectivity index (χ2n) is 5.06. The first kappa shape index (κ1) is 16.0. The van der Waals surface area contributed by atoms with Crippen molar-refractivity contribution in [2.45, 2.75) is 52.0 Å². The first-order valence-corrected chi connectivity index (χ1v) is 7.39. The zero-order valence-electron chi connectivity index (χ0n) is 12.2. The molecule has 0 fully saturated rings. The molecule has 4 nitrogen and oxygen atoms in total. The number of rotatable bonds is 7. The van der Waals surface area contributed by atoms with Gasteiger partial charge in [0.25, 0.3) is 5.56 Å². The molecule has 1 atom stereocenters. The molecule has 0 radical (unpaired) electrons. The molecule has 0 amide bonds. The molecule has 0 aliphatic heterocycles. The van der Waals surface area contributed by atoms with E-state index >= 15 is 0 Å². The lowest BCUT2D eigenvalue weighted by Crippen LogP contribution is -2.29. The van der Waals surface area contributed by atoms with Gasteiger partial charge in [-0.2, -0.15) is 0 Å². The van der Waals surface area contributed by atoms with E-state index in [0.717, 1.165) is 12.8 Å². The van der Waals surface area contributed by atoms with Crippen LogP contribution in [0.5, 0.6) is 0 Å². The average Bonchev–Trinajstić information content (AvgIpc) is 2.38. The van der Waals surface area contributed by atoms with Gasteiger partial charge in [0.15, 0.2) is 5.82 Å². The van der Waals surface area contributed by atoms with Crippen molar-refractivity contribution in [3.63, 3.8) is 0 Å². The smallest absolute Gasteiger partial charge is 0.293 e. The van der Waals surface area contributed by atoms with Crippen molar-refractivity contribution in [3.05, 3.63) is 22.7 Å². The summed E-state index contributed by atoms with van der Waals surface area (Å²) in [5, 5.41) is 3.10. The monoisotopic (exact) mass is 285 g/mol. The predicted molar refractivity (Wildman–Crippen MR) is 81.1 cm³/mol. The van der Waals surface area contributed by atoms with E-state index in [9.17, 15) is 4.79 Å². The third-order valence-corrected chi connectivity index (χ3v) is 3.96. The van der Waals surface area contributed by atoms with Gasteiger partial charge in [-0.25, -0.2) is 4.98 Å². The van der Waals surface area contributed by atoms with Crippen molar-refractivity contribution >= 4 is 17.4 Å². The van der Waals surface area contributed by atoms with E-state index < -0.39 is 0 Å². The molecule has 0 saturated heterocycles. The standard InChI is InChI=1S/C14H24ClN3O/c1-5-11(6-2)12(15)9-17-13-14(19)18(10(3)4)8-7-16-13/h7-8,10-12H,5-6,9H2,1-4H3,(H,16,17). The van der Waals surface area contributed by atoms with Gasteiger partial charge in [0, 0.05) is 25.0 Å². The van der Waals surface area contributed by atoms with Crippen LogP contribution in [0.25, 0.3) is 0 Å². The zero-order valence-corrected chi connectivity index (χ0v) is 12.9. The first-order valence-electron chi connectivity index (χ1n) is 6.96. The summed E-state index contributed by atoms with van der Waals surface area (Å²) in [5.41, 5.74) is -0.0917. The number of anilines is 1. The number of alkyl halides is 1. The van der Waals surface area contributed by atoms with Crippen LogP contribution in [-0.2, 0) is 0 Å². The van der Waals surface area contributed by atoms with E-state index in [1.165, 1.54) is 0 Å². The van der Waals surface area contributed by atoms with Crippen LogP contribution in [0.4, 0.5) is 5.82 Å². The third-order valence-electron chi connectivity index (χ3n) is 3.45. The molecule has 1 rings (SSSR count). The molecule has 1 heterocycles. The van der Waals surface area contributed by atoms with E-state index in [2.05, 4.69) is 24.1 Å². The van der Waals surface area contributed by atoms with Crippen LogP contribution in [0.3, 0.4) is 0 Å². The van der Waals surface area contributed by atoms with E-state index in [0.29, 0.717) is 18.3 Å². The molecule has 1 aromatic rings. The lowest BCUT2D eigenvalue weighted by Gasteiger charge is -2.20. The summed E-state index contributed by atoms with van der Waals surface area (Å²) in [6.45, 7) is 8.78. The fourth-order valence-electron chi connectivity index (χ4n) is 2.11. The zero-order chi connectivity index (χ0) is 14.4. The summed E-state index contributed by atoms with van der Waals surface area (Å²) >= 11 is 6.35. The number of aromatic nitrogens is 2. The highest BCUT2D eigenvalue weighted by atomic mass is 35.5. The van der Waals surface area contributed by atoms with E-state index in [4.69, 9.17) is 11.6 Å². The molecule has 0 saturated carbocycles. The minimum absolute atomic E-state index is 0.0175. The highest BCUT2D eigenvalue weighted by Crippen LogP contribution is 2.18. The Labute approximate surface area is 120 Å². The second kappa shape index (κ2) is 7.53. The van der Waals surface area contributed by atoms with Crippen LogP contribution in [0.15, 0.2) is 17.2 Å². The minimum atomic E-state index is -0.0917. The number of nitrogens with zero attached hydrogens (tertiary/aromatic N) is 2. The highest BCUT2D eigenvalue weighted by molar-refractivity contribution is 6.21. The average molecular weight is 286 g/mol. The lowest BCUT2D eigenvalue weighted by molar-refractivity contribution is 0.475. The third kappa shape index (κ3) is 4.23. The van der Waals surface area contributed by atoms with Gasteiger partial charge in [-0.05, 0) is 19.8 Å². The van der Waals surface area contributed by atoms with Crippen molar-refractivity contribution in [3.8, 4) is 0 Å². The van der Waals surface area contributed by atoms with Crippen molar-refractivity contribution < 1.29 is 0 Å². The Morgan fingerprint density at radius 3 is 2.53 bits per heavy atom. The minimum Gasteiger partial charge on any atom is -0.364 e. The van der Waals surface area contributed by atoms with Crippen molar-refractivity contribution in [2.75, 3.05) is 11.9 Å². The van der Waals surface area contributed by atoms with Gasteiger partial charge in [0.1, 0.15) is 0 Å². The second-order valence-corrected chi connectivity index (χ2v) is 5.62. The van der Waals surface area contributed by atoms with Gasteiger partial charge in [-0.1, -0.05) is 26.7 Å². The molecule has 0 aliphatic carbocycles. The van der Waals surface area contributed by atoms with Crippen molar-refractivity contribution in [2.24, 2.45) is 5.92 Å². The molecule has 19 heavy (non-hydrogen) atoms. The number of hydrogen-bond donors (Lipinski definition) is 1. The largest absolute Gasteiger partial charge is 0.364 e. The fourth-order valence-corrected chi connectivity index (χ4v) is 2.55. The van der Waals surface area contributed by atoms with Crippen LogP contribution in [-0.4, -0.2) is 21.5 Å². The first-order chi connectivity index (χ1) is 9.01. The molecule has 5 heteroatoms. The summed E-state index contributed by atoms with van der Waals surface area (Å²) < 4.78 is 1.66. The Balaban J connectivity index is 2.73. The van der Waals surface area contributed by atoms with Gasteiger partial charge >= 0.3 is 0 Å². The molecule has 0 spiro atoms. The number of nitrogens with one attached hydrogen (secondary N) is 1. The summed E-state index contributed by atoms with van der Waals surface area (Å²) in [4.78, 5) is 16.2. The van der Waals surface area contributed by atoms with Crippen LogP contribution in [0.1, 0.15) is 46.6 Å². The molecule has 0 aromatic carbocycles. The summed E-state index contributed by atoms with van der Waals surface area (Å²) in [5.74, 6) is 0.845. The molecule has 1 unspecified atom stereocenters. The van der Waals surface area contributed by atoms with E-state index in [1.807, 2.05) is 13.8 Å². The van der Waals surface area contributed by atoms with E-state index in [1.54, 1.807) is 17.0 Å². The summed E-state index contributed by atoms with van der Waals surface area (Å²) in [7, 11) is 0. The van der Waals surface area contributed by atoms with Crippen LogP contribution >= 0.6 is 11.6 Å². The molecule has 1 N–H and O–H groups in total. The maximum absolute atomic E-state index is 12.1. The summed E-state index contributed by atoms with van der Waals surface area (Å²) in [6.07, 6.45) is 5.44. The quantitative estimate of drug-likeness (QED) is 0.782. The van der Waals surface area contributed by atoms with Gasteiger partial charge < -0.3 is 9.88 Å². The highest BCUT2D eigenvalue weighted by Gasteiger charge is 2.16.